The van der Waals surface area contributed by atoms with Gasteiger partial charge in [0.1, 0.15) is 11.4 Å². The van der Waals surface area contributed by atoms with Crippen molar-refractivity contribution < 1.29 is 24.2 Å². The van der Waals surface area contributed by atoms with Crippen LogP contribution in [0.5, 0.6) is 5.75 Å². The monoisotopic (exact) mass is 486 g/mol. The first kappa shape index (κ1) is 27.1. The van der Waals surface area contributed by atoms with Crippen LogP contribution in [0.4, 0.5) is 4.79 Å². The number of rotatable bonds is 8. The average Bonchev–Trinajstić information content (AvgIpc) is 2.85. The molecule has 3 rings (SSSR count). The number of likely N-dealkylation sites (tertiary alicyclic amines) is 1. The normalized spacial score (nSPS) is 19.2. The van der Waals surface area contributed by atoms with Crippen molar-refractivity contribution in [3.63, 3.8) is 0 Å². The van der Waals surface area contributed by atoms with Gasteiger partial charge in [-0.15, -0.1) is 0 Å². The fourth-order valence-electron chi connectivity index (χ4n) is 4.64. The van der Waals surface area contributed by atoms with Crippen LogP contribution in [0.1, 0.15) is 64.9 Å². The van der Waals surface area contributed by atoms with Crippen molar-refractivity contribution in [2.75, 3.05) is 39.9 Å². The van der Waals surface area contributed by atoms with Gasteiger partial charge in [0, 0.05) is 39.2 Å². The van der Waals surface area contributed by atoms with Crippen molar-refractivity contribution in [3.05, 3.63) is 35.9 Å². The van der Waals surface area contributed by atoms with Crippen LogP contribution < -0.4 is 4.74 Å². The summed E-state index contributed by atoms with van der Waals surface area (Å²) in [5.74, 6) is 1.50. The maximum absolute atomic E-state index is 12.6. The third-order valence-electron chi connectivity index (χ3n) is 6.77. The predicted molar refractivity (Wildman–Crippen MR) is 137 cm³/mol. The first-order valence-corrected chi connectivity index (χ1v) is 12.9. The number of carbonyl (C=O) groups excluding carboxylic acids is 2. The van der Waals surface area contributed by atoms with Crippen molar-refractivity contribution in [1.82, 2.24) is 9.80 Å². The summed E-state index contributed by atoms with van der Waals surface area (Å²) in [6, 6.07) is 8.24. The minimum absolute atomic E-state index is 0.0341. The van der Waals surface area contributed by atoms with Gasteiger partial charge in [0.25, 0.3) is 0 Å². The van der Waals surface area contributed by atoms with Gasteiger partial charge in [0.2, 0.25) is 5.91 Å². The molecule has 1 fully saturated rings. The molecule has 2 aliphatic rings. The third-order valence-corrected chi connectivity index (χ3v) is 6.77. The standard InChI is InChI=1S/C28H42N2O5/c1-28(2,3)35-27(33)30-17-14-21(15-18-30)20-34-25-12-10-23(11-13-25)22-6-8-24(9-7-22)26(32)29(4)16-5-19-31/h6,10-13,21,24,31H,5,7-9,14-20H2,1-4H3. The third kappa shape index (κ3) is 8.27. The molecule has 1 heterocycles. The number of aliphatic hydroxyl groups is 1. The van der Waals surface area contributed by atoms with Gasteiger partial charge >= 0.3 is 6.09 Å². The van der Waals surface area contributed by atoms with Crippen LogP contribution in [0.25, 0.3) is 5.57 Å². The predicted octanol–water partition coefficient (Wildman–Crippen LogP) is 4.74. The van der Waals surface area contributed by atoms with Crippen LogP contribution in [0.2, 0.25) is 0 Å². The quantitative estimate of drug-likeness (QED) is 0.574. The van der Waals surface area contributed by atoms with Gasteiger partial charge in [0.05, 0.1) is 6.61 Å². The number of piperidine rings is 1. The van der Waals surface area contributed by atoms with Crippen LogP contribution in [0, 0.1) is 11.8 Å². The van der Waals surface area contributed by atoms with Gasteiger partial charge in [-0.05, 0) is 88.5 Å². The van der Waals surface area contributed by atoms with E-state index in [1.807, 2.05) is 40.0 Å². The molecule has 1 atom stereocenters. The number of benzene rings is 1. The van der Waals surface area contributed by atoms with E-state index in [0.717, 1.165) is 37.9 Å². The SMILES string of the molecule is CN(CCCO)C(=O)C1CC=C(c2ccc(OCC3CCN(C(=O)OC(C)(C)C)CC3)cc2)CC1. The van der Waals surface area contributed by atoms with E-state index in [1.165, 1.54) is 11.1 Å². The van der Waals surface area contributed by atoms with Crippen molar-refractivity contribution in [1.29, 1.82) is 0 Å². The minimum atomic E-state index is -0.465. The minimum Gasteiger partial charge on any atom is -0.493 e. The Morgan fingerprint density at radius 1 is 1.11 bits per heavy atom. The van der Waals surface area contributed by atoms with E-state index in [4.69, 9.17) is 14.6 Å². The molecule has 1 aromatic rings. The molecule has 7 heteroatoms. The Morgan fingerprint density at radius 2 is 1.80 bits per heavy atom. The lowest BCUT2D eigenvalue weighted by atomic mass is 9.86. The van der Waals surface area contributed by atoms with Crippen molar-refractivity contribution in [2.45, 2.75) is 64.9 Å². The van der Waals surface area contributed by atoms with Crippen LogP contribution in [-0.2, 0) is 9.53 Å². The highest BCUT2D eigenvalue weighted by Gasteiger charge is 2.27. The summed E-state index contributed by atoms with van der Waals surface area (Å²) in [6.45, 7) is 8.44. The summed E-state index contributed by atoms with van der Waals surface area (Å²) in [5, 5.41) is 8.97. The number of ether oxygens (including phenoxy) is 2. The Hall–Kier alpha value is -2.54. The molecular formula is C28H42N2O5. The summed E-state index contributed by atoms with van der Waals surface area (Å²) < 4.78 is 11.5. The second-order valence-electron chi connectivity index (χ2n) is 10.8. The molecule has 194 valence electrons. The van der Waals surface area contributed by atoms with E-state index < -0.39 is 5.60 Å². The number of hydrogen-bond acceptors (Lipinski definition) is 5. The average molecular weight is 487 g/mol. The molecule has 7 nitrogen and oxygen atoms in total. The molecule has 35 heavy (non-hydrogen) atoms. The molecule has 0 spiro atoms. The fourth-order valence-corrected chi connectivity index (χ4v) is 4.64. The van der Waals surface area contributed by atoms with Gasteiger partial charge in [-0.1, -0.05) is 18.2 Å². The molecule has 1 aliphatic carbocycles. The van der Waals surface area contributed by atoms with Crippen molar-refractivity contribution >= 4 is 17.6 Å². The van der Waals surface area contributed by atoms with Gasteiger partial charge in [-0.3, -0.25) is 4.79 Å². The maximum atomic E-state index is 12.6. The van der Waals surface area contributed by atoms with E-state index in [-0.39, 0.29) is 24.5 Å². The summed E-state index contributed by atoms with van der Waals surface area (Å²) in [5.41, 5.74) is 2.00. The highest BCUT2D eigenvalue weighted by molar-refractivity contribution is 5.80. The Labute approximate surface area is 210 Å². The molecular weight excluding hydrogens is 444 g/mol. The van der Waals surface area contributed by atoms with Crippen LogP contribution in [0.15, 0.2) is 30.3 Å². The van der Waals surface area contributed by atoms with Crippen molar-refractivity contribution in [3.8, 4) is 5.75 Å². The van der Waals surface area contributed by atoms with Crippen molar-refractivity contribution in [2.24, 2.45) is 11.8 Å². The second kappa shape index (κ2) is 12.4. The maximum Gasteiger partial charge on any atom is 0.410 e. The van der Waals surface area contributed by atoms with Crippen LogP contribution in [0.3, 0.4) is 0 Å². The zero-order valence-electron chi connectivity index (χ0n) is 21.8. The van der Waals surface area contributed by atoms with Gasteiger partial charge < -0.3 is 24.4 Å². The molecule has 0 radical (unpaired) electrons. The Bertz CT molecular complexity index is 866. The molecule has 0 bridgehead atoms. The molecule has 0 aromatic heterocycles. The summed E-state index contributed by atoms with van der Waals surface area (Å²) in [7, 11) is 1.82. The molecule has 1 aliphatic heterocycles. The lowest BCUT2D eigenvalue weighted by molar-refractivity contribution is -0.134. The first-order chi connectivity index (χ1) is 16.7. The zero-order valence-corrected chi connectivity index (χ0v) is 21.8. The Kier molecular flexibility index (Phi) is 9.61. The highest BCUT2D eigenvalue weighted by Crippen LogP contribution is 2.32. The van der Waals surface area contributed by atoms with E-state index in [9.17, 15) is 9.59 Å². The topological polar surface area (TPSA) is 79.3 Å². The Morgan fingerprint density at radius 3 is 2.37 bits per heavy atom. The number of nitrogens with zero attached hydrogens (tertiary/aromatic N) is 2. The van der Waals surface area contributed by atoms with E-state index in [0.29, 0.717) is 38.6 Å². The summed E-state index contributed by atoms with van der Waals surface area (Å²) >= 11 is 0. The lowest BCUT2D eigenvalue weighted by Crippen LogP contribution is -2.42. The number of aliphatic hydroxyl groups excluding tert-OH is 1. The second-order valence-corrected chi connectivity index (χ2v) is 10.8. The lowest BCUT2D eigenvalue weighted by Gasteiger charge is -2.33. The number of allylic oxidation sites excluding steroid dienone is 2. The van der Waals surface area contributed by atoms with Gasteiger partial charge in [0.15, 0.2) is 0 Å². The Balaban J connectivity index is 1.42. The smallest absolute Gasteiger partial charge is 0.410 e. The molecule has 1 saturated heterocycles. The van der Waals surface area contributed by atoms with E-state index in [2.05, 4.69) is 18.2 Å². The number of amides is 2. The summed E-state index contributed by atoms with van der Waals surface area (Å²) in [6.07, 6.45) is 6.93. The fraction of sp³-hybridized carbons (Fsp3) is 0.643. The zero-order chi connectivity index (χ0) is 25.4. The molecule has 1 aromatic carbocycles. The van der Waals surface area contributed by atoms with Gasteiger partial charge in [-0.2, -0.15) is 0 Å². The van der Waals surface area contributed by atoms with Crippen LogP contribution >= 0.6 is 0 Å². The van der Waals surface area contributed by atoms with E-state index in [1.54, 1.807) is 9.80 Å². The number of hydrogen-bond donors (Lipinski definition) is 1. The molecule has 1 N–H and O–H groups in total. The molecule has 1 unspecified atom stereocenters. The van der Waals surface area contributed by atoms with Gasteiger partial charge in [-0.25, -0.2) is 4.79 Å². The first-order valence-electron chi connectivity index (χ1n) is 12.9. The molecule has 2 amide bonds. The summed E-state index contributed by atoms with van der Waals surface area (Å²) in [4.78, 5) is 28.3. The number of carbonyl (C=O) groups is 2. The van der Waals surface area contributed by atoms with Crippen LogP contribution in [-0.4, -0.2) is 72.4 Å². The molecule has 0 saturated carbocycles. The largest absolute Gasteiger partial charge is 0.493 e. The highest BCUT2D eigenvalue weighted by atomic mass is 16.6. The van der Waals surface area contributed by atoms with E-state index >= 15 is 0 Å².